The topological polar surface area (TPSA) is 39.5 Å². The van der Waals surface area contributed by atoms with E-state index >= 15 is 0 Å². The van der Waals surface area contributed by atoms with Crippen LogP contribution in [0.25, 0.3) is 0 Å². The number of nitrogens with zero attached hydrogens (tertiary/aromatic N) is 2. The van der Waals surface area contributed by atoms with Crippen LogP contribution in [0.15, 0.2) is 23.3 Å². The summed E-state index contributed by atoms with van der Waals surface area (Å²) < 4.78 is 0. The van der Waals surface area contributed by atoms with Gasteiger partial charge in [0.15, 0.2) is 0 Å². The Hall–Kier alpha value is -1.38. The van der Waals surface area contributed by atoms with Gasteiger partial charge in [-0.15, -0.1) is 0 Å². The van der Waals surface area contributed by atoms with Crippen molar-refractivity contribution in [2.24, 2.45) is 5.11 Å². The highest BCUT2D eigenvalue weighted by atomic mass is 15.1. The molecule has 1 aromatic carbocycles. The first kappa shape index (κ1) is 10.7. The molecule has 0 unspecified atom stereocenters. The molecule has 0 aromatic heterocycles. The Morgan fingerprint density at radius 1 is 1.29 bits per heavy atom. The zero-order valence-electron chi connectivity index (χ0n) is 9.04. The summed E-state index contributed by atoms with van der Waals surface area (Å²) in [5.41, 5.74) is 9.98. The third kappa shape index (κ3) is 2.10. The summed E-state index contributed by atoms with van der Waals surface area (Å²) in [7, 11) is 0. The van der Waals surface area contributed by atoms with Gasteiger partial charge in [0.2, 0.25) is 0 Å². The van der Waals surface area contributed by atoms with Crippen molar-refractivity contribution in [1.29, 1.82) is 5.53 Å². The van der Waals surface area contributed by atoms with E-state index in [9.17, 15) is 0 Å². The second-order valence-electron chi connectivity index (χ2n) is 3.25. The minimum absolute atomic E-state index is 0.751. The maximum Gasteiger partial charge on any atom is 0.0880 e. The first-order valence-corrected chi connectivity index (χ1v) is 4.96. The summed E-state index contributed by atoms with van der Waals surface area (Å²) in [6, 6.07) is 6.00. The maximum absolute atomic E-state index is 6.96. The number of rotatable bonds is 4. The van der Waals surface area contributed by atoms with E-state index < -0.39 is 0 Å². The van der Waals surface area contributed by atoms with Crippen molar-refractivity contribution >= 4 is 11.4 Å². The largest absolute Gasteiger partial charge is 0.372 e. The normalized spacial score (nSPS) is 9.93. The van der Waals surface area contributed by atoms with Crippen molar-refractivity contribution in [2.45, 2.75) is 20.8 Å². The summed E-state index contributed by atoms with van der Waals surface area (Å²) in [6.45, 7) is 8.28. The molecule has 3 nitrogen and oxygen atoms in total. The zero-order valence-corrected chi connectivity index (χ0v) is 9.04. The van der Waals surface area contributed by atoms with Crippen LogP contribution in [0.1, 0.15) is 19.4 Å². The van der Waals surface area contributed by atoms with Crippen LogP contribution < -0.4 is 4.90 Å². The van der Waals surface area contributed by atoms with Crippen molar-refractivity contribution in [3.8, 4) is 0 Å². The fraction of sp³-hybridized carbons (Fsp3) is 0.455. The highest BCUT2D eigenvalue weighted by Gasteiger charge is 2.03. The Kier molecular flexibility index (Phi) is 3.63. The fourth-order valence-electron chi connectivity index (χ4n) is 1.55. The predicted molar refractivity (Wildman–Crippen MR) is 59.5 cm³/mol. The average molecular weight is 191 g/mol. The molecule has 0 heterocycles. The van der Waals surface area contributed by atoms with Gasteiger partial charge in [-0.05, 0) is 44.5 Å². The Morgan fingerprint density at radius 3 is 2.36 bits per heavy atom. The van der Waals surface area contributed by atoms with Gasteiger partial charge in [-0.3, -0.25) is 0 Å². The fourth-order valence-corrected chi connectivity index (χ4v) is 1.55. The van der Waals surface area contributed by atoms with Crippen molar-refractivity contribution in [2.75, 3.05) is 18.0 Å². The van der Waals surface area contributed by atoms with E-state index in [0.29, 0.717) is 0 Å². The van der Waals surface area contributed by atoms with Crippen LogP contribution in [-0.2, 0) is 0 Å². The number of aryl methyl sites for hydroxylation is 1. The van der Waals surface area contributed by atoms with Gasteiger partial charge in [0.25, 0.3) is 0 Å². The van der Waals surface area contributed by atoms with Crippen molar-refractivity contribution in [1.82, 2.24) is 0 Å². The van der Waals surface area contributed by atoms with Crippen LogP contribution in [0.4, 0.5) is 11.4 Å². The lowest BCUT2D eigenvalue weighted by Crippen LogP contribution is -2.21. The lowest BCUT2D eigenvalue weighted by Gasteiger charge is -2.21. The molecule has 0 saturated heterocycles. The molecule has 0 radical (unpaired) electrons. The highest BCUT2D eigenvalue weighted by molar-refractivity contribution is 5.57. The molecule has 0 aliphatic heterocycles. The molecule has 0 bridgehead atoms. The van der Waals surface area contributed by atoms with Gasteiger partial charge in [0.1, 0.15) is 0 Å². The van der Waals surface area contributed by atoms with Gasteiger partial charge in [-0.1, -0.05) is 0 Å². The minimum atomic E-state index is 0.751. The Balaban J connectivity index is 3.00. The number of anilines is 1. The Labute approximate surface area is 85.3 Å². The van der Waals surface area contributed by atoms with Crippen molar-refractivity contribution in [3.05, 3.63) is 23.8 Å². The van der Waals surface area contributed by atoms with E-state index in [0.717, 1.165) is 24.3 Å². The molecule has 0 amide bonds. The molecule has 3 heteroatoms. The van der Waals surface area contributed by atoms with Crippen molar-refractivity contribution < 1.29 is 0 Å². The molecule has 0 fully saturated rings. The van der Waals surface area contributed by atoms with Gasteiger partial charge in [-0.2, -0.15) is 5.11 Å². The van der Waals surface area contributed by atoms with E-state index in [1.165, 1.54) is 5.69 Å². The van der Waals surface area contributed by atoms with Gasteiger partial charge in [-0.25, -0.2) is 5.53 Å². The molecular weight excluding hydrogens is 174 g/mol. The molecule has 0 atom stereocenters. The molecule has 0 saturated carbocycles. The monoisotopic (exact) mass is 191 g/mol. The molecule has 1 aromatic rings. The van der Waals surface area contributed by atoms with Crippen LogP contribution in [0.3, 0.4) is 0 Å². The molecular formula is C11H17N3. The van der Waals surface area contributed by atoms with Gasteiger partial charge < -0.3 is 4.90 Å². The first-order chi connectivity index (χ1) is 6.72. The van der Waals surface area contributed by atoms with E-state index in [-0.39, 0.29) is 0 Å². The van der Waals surface area contributed by atoms with Crippen LogP contribution >= 0.6 is 0 Å². The molecule has 0 aliphatic rings. The van der Waals surface area contributed by atoms with E-state index in [1.54, 1.807) is 0 Å². The predicted octanol–water partition coefficient (Wildman–Crippen LogP) is 3.50. The van der Waals surface area contributed by atoms with Crippen LogP contribution in [0.2, 0.25) is 0 Å². The lowest BCUT2D eigenvalue weighted by atomic mass is 10.1. The standard InChI is InChI=1S/C11H17N3/c1-4-14(5-2)10-6-7-11(13-12)9(3)8-10/h6-8,12H,4-5H2,1-3H3. The number of hydrogen-bond acceptors (Lipinski definition) is 3. The summed E-state index contributed by atoms with van der Waals surface area (Å²) >= 11 is 0. The average Bonchev–Trinajstić information content (AvgIpc) is 2.20. The van der Waals surface area contributed by atoms with Crippen LogP contribution in [0, 0.1) is 12.5 Å². The van der Waals surface area contributed by atoms with E-state index in [2.05, 4.69) is 29.9 Å². The number of nitrogens with one attached hydrogen (secondary N) is 1. The molecule has 1 rings (SSSR count). The third-order valence-corrected chi connectivity index (χ3v) is 2.43. The van der Waals surface area contributed by atoms with Crippen LogP contribution in [-0.4, -0.2) is 13.1 Å². The first-order valence-electron chi connectivity index (χ1n) is 4.96. The smallest absolute Gasteiger partial charge is 0.0880 e. The Bertz CT molecular complexity index is 316. The lowest BCUT2D eigenvalue weighted by molar-refractivity contribution is 0.865. The number of benzene rings is 1. The van der Waals surface area contributed by atoms with E-state index in [1.807, 2.05) is 19.1 Å². The summed E-state index contributed by atoms with van der Waals surface area (Å²) in [4.78, 5) is 2.28. The van der Waals surface area contributed by atoms with Gasteiger partial charge in [0, 0.05) is 18.8 Å². The second-order valence-corrected chi connectivity index (χ2v) is 3.25. The van der Waals surface area contributed by atoms with E-state index in [4.69, 9.17) is 5.53 Å². The quantitative estimate of drug-likeness (QED) is 0.727. The highest BCUT2D eigenvalue weighted by Crippen LogP contribution is 2.24. The molecule has 1 N–H and O–H groups in total. The molecule has 14 heavy (non-hydrogen) atoms. The number of hydrogen-bond donors (Lipinski definition) is 1. The van der Waals surface area contributed by atoms with Crippen molar-refractivity contribution in [3.63, 3.8) is 0 Å². The second kappa shape index (κ2) is 4.74. The Morgan fingerprint density at radius 2 is 1.93 bits per heavy atom. The summed E-state index contributed by atoms with van der Waals surface area (Å²) in [5.74, 6) is 0. The van der Waals surface area contributed by atoms with Gasteiger partial charge in [0.05, 0.1) is 5.69 Å². The van der Waals surface area contributed by atoms with Crippen LogP contribution in [0.5, 0.6) is 0 Å². The third-order valence-electron chi connectivity index (χ3n) is 2.43. The zero-order chi connectivity index (χ0) is 10.6. The summed E-state index contributed by atoms with van der Waals surface area (Å²) in [6.07, 6.45) is 0. The maximum atomic E-state index is 6.96. The van der Waals surface area contributed by atoms with Gasteiger partial charge >= 0.3 is 0 Å². The molecule has 76 valence electrons. The minimum Gasteiger partial charge on any atom is -0.372 e. The SMILES string of the molecule is CCN(CC)c1ccc(N=N)c(C)c1. The molecule has 0 spiro atoms. The molecule has 0 aliphatic carbocycles. The summed E-state index contributed by atoms with van der Waals surface area (Å²) in [5, 5.41) is 3.45.